The van der Waals surface area contributed by atoms with Crippen molar-refractivity contribution in [1.82, 2.24) is 9.97 Å². The van der Waals surface area contributed by atoms with E-state index >= 15 is 0 Å². The second kappa shape index (κ2) is 5.26. The molecule has 2 rings (SSSR count). The minimum absolute atomic E-state index is 0.0310. The van der Waals surface area contributed by atoms with Crippen molar-refractivity contribution < 1.29 is 17.9 Å². The molecule has 6 heteroatoms. The molecule has 1 aromatic heterocycles. The largest absolute Gasteiger partial charge is 0.478 e. The quantitative estimate of drug-likeness (QED) is 0.854. The summed E-state index contributed by atoms with van der Waals surface area (Å²) >= 11 is 0. The Bertz CT molecular complexity index is 575. The molecule has 0 aliphatic heterocycles. The Hall–Kier alpha value is -2.11. The fourth-order valence-electron chi connectivity index (χ4n) is 1.59. The molecule has 0 saturated heterocycles. The summed E-state index contributed by atoms with van der Waals surface area (Å²) in [6, 6.07) is 5.71. The van der Waals surface area contributed by atoms with Crippen molar-refractivity contribution in [2.24, 2.45) is 0 Å². The van der Waals surface area contributed by atoms with Gasteiger partial charge in [0, 0.05) is 6.07 Å². The summed E-state index contributed by atoms with van der Waals surface area (Å²) in [5.41, 5.74) is -1.33. The highest BCUT2D eigenvalue weighted by Crippen LogP contribution is 2.36. The van der Waals surface area contributed by atoms with Crippen LogP contribution in [0.4, 0.5) is 13.2 Å². The van der Waals surface area contributed by atoms with E-state index in [0.717, 1.165) is 24.5 Å². The molecule has 100 valence electrons. The van der Waals surface area contributed by atoms with E-state index < -0.39 is 23.0 Å². The highest BCUT2D eigenvalue weighted by atomic mass is 19.3. The third-order valence-electron chi connectivity index (χ3n) is 2.47. The summed E-state index contributed by atoms with van der Waals surface area (Å²) in [6.07, 6.45) is 0.967. The Kier molecular flexibility index (Phi) is 3.69. The first kappa shape index (κ1) is 13.3. The monoisotopic (exact) mass is 268 g/mol. The van der Waals surface area contributed by atoms with E-state index in [1.54, 1.807) is 6.92 Å². The zero-order valence-electron chi connectivity index (χ0n) is 10.1. The standard InChI is InChI=1S/C13H11F3N2O/c1-2-19-12-7-11(17-8-18-12)13(15,16)9-5-3-4-6-10(9)14/h3-8H,2H2,1H3. The first-order valence-electron chi connectivity index (χ1n) is 5.64. The predicted octanol–water partition coefficient (Wildman–Crippen LogP) is 3.15. The first-order chi connectivity index (χ1) is 9.05. The van der Waals surface area contributed by atoms with Crippen LogP contribution in [0.3, 0.4) is 0 Å². The van der Waals surface area contributed by atoms with Crippen molar-refractivity contribution in [3.05, 3.63) is 53.7 Å². The van der Waals surface area contributed by atoms with E-state index in [2.05, 4.69) is 9.97 Å². The molecule has 1 heterocycles. The molecule has 0 aliphatic carbocycles. The lowest BCUT2D eigenvalue weighted by Crippen LogP contribution is -2.19. The van der Waals surface area contributed by atoms with Crippen LogP contribution < -0.4 is 4.74 Å². The summed E-state index contributed by atoms with van der Waals surface area (Å²) in [5.74, 6) is -4.49. The molecule has 0 spiro atoms. The van der Waals surface area contributed by atoms with Crippen LogP contribution >= 0.6 is 0 Å². The van der Waals surface area contributed by atoms with Gasteiger partial charge in [-0.25, -0.2) is 14.4 Å². The normalized spacial score (nSPS) is 11.4. The van der Waals surface area contributed by atoms with Crippen LogP contribution in [-0.4, -0.2) is 16.6 Å². The van der Waals surface area contributed by atoms with Crippen LogP contribution in [0, 0.1) is 5.82 Å². The van der Waals surface area contributed by atoms with Crippen LogP contribution in [0.15, 0.2) is 36.7 Å². The molecular weight excluding hydrogens is 257 g/mol. The zero-order valence-corrected chi connectivity index (χ0v) is 10.1. The Morgan fingerprint density at radius 1 is 1.21 bits per heavy atom. The molecule has 1 aromatic carbocycles. The highest BCUT2D eigenvalue weighted by molar-refractivity contribution is 5.31. The Balaban J connectivity index is 2.44. The summed E-state index contributed by atoms with van der Waals surface area (Å²) in [6.45, 7) is 2.00. The van der Waals surface area contributed by atoms with Gasteiger partial charge in [-0.15, -0.1) is 0 Å². The second-order valence-electron chi connectivity index (χ2n) is 3.73. The van der Waals surface area contributed by atoms with Crippen molar-refractivity contribution in [3.8, 4) is 5.88 Å². The van der Waals surface area contributed by atoms with Gasteiger partial charge < -0.3 is 4.74 Å². The number of aromatic nitrogens is 2. The summed E-state index contributed by atoms with van der Waals surface area (Å²) in [4.78, 5) is 7.20. The molecular formula is C13H11F3N2O. The Labute approximate surface area is 108 Å². The molecule has 0 amide bonds. The molecule has 19 heavy (non-hydrogen) atoms. The molecule has 0 saturated carbocycles. The summed E-state index contributed by atoms with van der Waals surface area (Å²) in [5, 5.41) is 0. The second-order valence-corrected chi connectivity index (χ2v) is 3.73. The van der Waals surface area contributed by atoms with Gasteiger partial charge in [0.15, 0.2) is 0 Å². The number of benzene rings is 1. The van der Waals surface area contributed by atoms with Crippen LogP contribution in [0.5, 0.6) is 5.88 Å². The van der Waals surface area contributed by atoms with Crippen LogP contribution in [0.1, 0.15) is 18.2 Å². The van der Waals surface area contributed by atoms with Crippen molar-refractivity contribution >= 4 is 0 Å². The lowest BCUT2D eigenvalue weighted by atomic mass is 10.0. The SMILES string of the molecule is CCOc1cc(C(F)(F)c2ccccc2F)ncn1. The van der Waals surface area contributed by atoms with Gasteiger partial charge in [-0.05, 0) is 19.1 Å². The maximum atomic E-state index is 14.2. The van der Waals surface area contributed by atoms with E-state index in [-0.39, 0.29) is 5.88 Å². The average Bonchev–Trinajstić information content (AvgIpc) is 2.40. The number of alkyl halides is 2. The number of nitrogens with zero attached hydrogens (tertiary/aromatic N) is 2. The number of hydrogen-bond acceptors (Lipinski definition) is 3. The molecule has 0 unspecified atom stereocenters. The van der Waals surface area contributed by atoms with Gasteiger partial charge in [0.1, 0.15) is 17.8 Å². The Morgan fingerprint density at radius 3 is 2.63 bits per heavy atom. The van der Waals surface area contributed by atoms with Crippen LogP contribution in [0.25, 0.3) is 0 Å². The van der Waals surface area contributed by atoms with Gasteiger partial charge in [-0.1, -0.05) is 12.1 Å². The highest BCUT2D eigenvalue weighted by Gasteiger charge is 2.38. The fourth-order valence-corrected chi connectivity index (χ4v) is 1.59. The van der Waals surface area contributed by atoms with E-state index in [1.807, 2.05) is 0 Å². The number of hydrogen-bond donors (Lipinski definition) is 0. The van der Waals surface area contributed by atoms with Crippen molar-refractivity contribution in [2.75, 3.05) is 6.61 Å². The third kappa shape index (κ3) is 2.67. The summed E-state index contributed by atoms with van der Waals surface area (Å²) < 4.78 is 46.9. The average molecular weight is 268 g/mol. The number of ether oxygens (including phenoxy) is 1. The zero-order chi connectivity index (χ0) is 13.9. The van der Waals surface area contributed by atoms with Crippen LogP contribution in [0.2, 0.25) is 0 Å². The van der Waals surface area contributed by atoms with E-state index in [1.165, 1.54) is 12.1 Å². The van der Waals surface area contributed by atoms with Crippen LogP contribution in [-0.2, 0) is 5.92 Å². The molecule has 0 atom stereocenters. The number of rotatable bonds is 4. The van der Waals surface area contributed by atoms with Gasteiger partial charge in [-0.2, -0.15) is 8.78 Å². The minimum Gasteiger partial charge on any atom is -0.478 e. The molecule has 3 nitrogen and oxygen atoms in total. The minimum atomic E-state index is -3.54. The maximum absolute atomic E-state index is 14.2. The van der Waals surface area contributed by atoms with E-state index in [9.17, 15) is 13.2 Å². The Morgan fingerprint density at radius 2 is 1.95 bits per heavy atom. The number of halogens is 3. The van der Waals surface area contributed by atoms with Crippen molar-refractivity contribution in [2.45, 2.75) is 12.8 Å². The third-order valence-corrected chi connectivity index (χ3v) is 2.47. The molecule has 0 fully saturated rings. The van der Waals surface area contributed by atoms with Gasteiger partial charge in [0.2, 0.25) is 5.88 Å². The molecule has 0 radical (unpaired) electrons. The summed E-state index contributed by atoms with van der Waals surface area (Å²) in [7, 11) is 0. The van der Waals surface area contributed by atoms with E-state index in [0.29, 0.717) is 6.61 Å². The van der Waals surface area contributed by atoms with Gasteiger partial charge >= 0.3 is 5.92 Å². The van der Waals surface area contributed by atoms with Gasteiger partial charge in [-0.3, -0.25) is 0 Å². The van der Waals surface area contributed by atoms with Crippen molar-refractivity contribution in [1.29, 1.82) is 0 Å². The van der Waals surface area contributed by atoms with Crippen molar-refractivity contribution in [3.63, 3.8) is 0 Å². The smallest absolute Gasteiger partial charge is 0.317 e. The fraction of sp³-hybridized carbons (Fsp3) is 0.231. The lowest BCUT2D eigenvalue weighted by Gasteiger charge is -2.17. The maximum Gasteiger partial charge on any atom is 0.317 e. The molecule has 2 aromatic rings. The molecule has 0 bridgehead atoms. The topological polar surface area (TPSA) is 35.0 Å². The van der Waals surface area contributed by atoms with Gasteiger partial charge in [0.05, 0.1) is 12.2 Å². The van der Waals surface area contributed by atoms with E-state index in [4.69, 9.17) is 4.74 Å². The van der Waals surface area contributed by atoms with Gasteiger partial charge in [0.25, 0.3) is 0 Å². The molecule has 0 N–H and O–H groups in total. The first-order valence-corrected chi connectivity index (χ1v) is 5.64. The molecule has 0 aliphatic rings. The predicted molar refractivity (Wildman–Crippen MR) is 62.6 cm³/mol. The lowest BCUT2D eigenvalue weighted by molar-refractivity contribution is 0.0336.